The molecule has 0 rings (SSSR count). The maximum absolute atomic E-state index is 12.3. The molecule has 5 heteroatoms. The van der Waals surface area contributed by atoms with E-state index in [4.69, 9.17) is 0 Å². The zero-order valence-electron chi connectivity index (χ0n) is 11.5. The minimum absolute atomic E-state index is 0.218. The third kappa shape index (κ3) is 3.98. The van der Waals surface area contributed by atoms with Gasteiger partial charge >= 0.3 is 6.03 Å². The first-order chi connectivity index (χ1) is 6.51. The molecule has 0 radical (unpaired) electrons. The van der Waals surface area contributed by atoms with Gasteiger partial charge in [-0.1, -0.05) is 39.3 Å². The molecule has 0 unspecified atom stereocenters. The second-order valence-electron chi connectivity index (χ2n) is 5.93. The average molecular weight is 247 g/mol. The fourth-order valence-electron chi connectivity index (χ4n) is 1.36. The fraction of sp³-hybridized carbons (Fsp3) is 0.900. The molecule has 0 bridgehead atoms. The van der Waals surface area contributed by atoms with Gasteiger partial charge in [0.2, 0.25) is 0 Å². The van der Waals surface area contributed by atoms with Gasteiger partial charge in [-0.25, -0.2) is 0 Å². The molecule has 0 atom stereocenters. The van der Waals surface area contributed by atoms with E-state index in [9.17, 15) is 4.79 Å². The number of carbonyl (C=O) groups excluding carboxylic acids is 1. The minimum Gasteiger partial charge on any atom is -0.356 e. The van der Waals surface area contributed by atoms with Crippen molar-refractivity contribution in [3.05, 3.63) is 0 Å². The SMILES string of the molecule is CCN(C(=O)N(C)[Si](C)(C)C)[Si](C)(C)C. The summed E-state index contributed by atoms with van der Waals surface area (Å²) in [6.45, 7) is 16.1. The first-order valence-electron chi connectivity index (χ1n) is 5.57. The highest BCUT2D eigenvalue weighted by Crippen LogP contribution is 2.15. The molecular formula is C10H26N2OSi2. The van der Waals surface area contributed by atoms with Crippen molar-refractivity contribution in [1.29, 1.82) is 0 Å². The highest BCUT2D eigenvalue weighted by atomic mass is 28.3. The minimum atomic E-state index is -1.53. The summed E-state index contributed by atoms with van der Waals surface area (Å²) in [5, 5.41) is 0. The molecule has 0 saturated heterocycles. The van der Waals surface area contributed by atoms with Gasteiger partial charge in [-0.05, 0) is 6.92 Å². The molecule has 0 aromatic rings. The zero-order valence-corrected chi connectivity index (χ0v) is 13.5. The van der Waals surface area contributed by atoms with Crippen LogP contribution in [0, 0.1) is 0 Å². The fourth-order valence-corrected chi connectivity index (χ4v) is 3.83. The molecule has 3 nitrogen and oxygen atoms in total. The summed E-state index contributed by atoms with van der Waals surface area (Å²) < 4.78 is 4.03. The predicted octanol–water partition coefficient (Wildman–Crippen LogP) is 3.03. The summed E-state index contributed by atoms with van der Waals surface area (Å²) >= 11 is 0. The van der Waals surface area contributed by atoms with Crippen molar-refractivity contribution >= 4 is 22.5 Å². The Balaban J connectivity index is 4.83. The van der Waals surface area contributed by atoms with Crippen molar-refractivity contribution in [1.82, 2.24) is 9.13 Å². The standard InChI is InChI=1S/C10H26N2OSi2/c1-9-12(15(6,7)8)10(13)11(2)14(3,4)5/h9H2,1-8H3. The summed E-state index contributed by atoms with van der Waals surface area (Å²) in [6, 6.07) is 0.218. The van der Waals surface area contributed by atoms with Crippen molar-refractivity contribution in [2.45, 2.75) is 46.2 Å². The molecule has 0 aliphatic heterocycles. The van der Waals surface area contributed by atoms with E-state index < -0.39 is 16.5 Å². The van der Waals surface area contributed by atoms with Gasteiger partial charge in [0.15, 0.2) is 16.5 Å². The van der Waals surface area contributed by atoms with Gasteiger partial charge in [0.1, 0.15) is 0 Å². The van der Waals surface area contributed by atoms with Crippen LogP contribution in [0.25, 0.3) is 0 Å². The van der Waals surface area contributed by atoms with Gasteiger partial charge in [0.25, 0.3) is 0 Å². The first kappa shape index (κ1) is 14.7. The molecule has 0 aliphatic carbocycles. The molecule has 0 aromatic carbocycles. The molecule has 0 N–H and O–H groups in total. The monoisotopic (exact) mass is 246 g/mol. The van der Waals surface area contributed by atoms with E-state index in [2.05, 4.69) is 50.8 Å². The Morgan fingerprint density at radius 3 is 1.60 bits per heavy atom. The van der Waals surface area contributed by atoms with E-state index in [1.165, 1.54) is 0 Å². The van der Waals surface area contributed by atoms with Gasteiger partial charge < -0.3 is 9.13 Å². The van der Waals surface area contributed by atoms with Crippen LogP contribution in [0.2, 0.25) is 39.3 Å². The maximum atomic E-state index is 12.3. The lowest BCUT2D eigenvalue weighted by molar-refractivity contribution is 0.207. The second-order valence-corrected chi connectivity index (χ2v) is 15.8. The molecule has 15 heavy (non-hydrogen) atoms. The summed E-state index contributed by atoms with van der Waals surface area (Å²) in [5.74, 6) is 0. The van der Waals surface area contributed by atoms with Crippen LogP contribution >= 0.6 is 0 Å². The summed E-state index contributed by atoms with van der Waals surface area (Å²) in [7, 11) is -1.10. The molecule has 2 amide bonds. The Morgan fingerprint density at radius 1 is 1.00 bits per heavy atom. The Hall–Kier alpha value is -0.296. The number of hydrogen-bond donors (Lipinski definition) is 0. The van der Waals surface area contributed by atoms with Crippen molar-refractivity contribution in [2.75, 3.05) is 13.6 Å². The van der Waals surface area contributed by atoms with E-state index in [1.54, 1.807) is 0 Å². The highest BCUT2D eigenvalue weighted by Gasteiger charge is 2.33. The average Bonchev–Trinajstić information content (AvgIpc) is 1.99. The lowest BCUT2D eigenvalue weighted by Gasteiger charge is -2.40. The van der Waals surface area contributed by atoms with Crippen LogP contribution in [0.5, 0.6) is 0 Å². The molecule has 0 fully saturated rings. The normalized spacial score (nSPS) is 12.5. The highest BCUT2D eigenvalue weighted by molar-refractivity contribution is 6.78. The smallest absolute Gasteiger partial charge is 0.303 e. The molecule has 0 aliphatic rings. The van der Waals surface area contributed by atoms with Gasteiger partial charge in [0.05, 0.1) is 0 Å². The van der Waals surface area contributed by atoms with Gasteiger partial charge in [-0.2, -0.15) is 0 Å². The Kier molecular flexibility index (Phi) is 4.60. The zero-order chi connectivity index (χ0) is 12.4. The quantitative estimate of drug-likeness (QED) is 0.702. The molecule has 90 valence electrons. The molecule has 0 aromatic heterocycles. The van der Waals surface area contributed by atoms with Crippen LogP contribution in [0.4, 0.5) is 4.79 Å². The maximum Gasteiger partial charge on any atom is 0.303 e. The summed E-state index contributed by atoms with van der Waals surface area (Å²) in [5.41, 5.74) is 0. The van der Waals surface area contributed by atoms with Crippen molar-refractivity contribution in [3.8, 4) is 0 Å². The van der Waals surface area contributed by atoms with E-state index >= 15 is 0 Å². The van der Waals surface area contributed by atoms with Gasteiger partial charge in [-0.3, -0.25) is 4.79 Å². The van der Waals surface area contributed by atoms with E-state index in [0.717, 1.165) is 6.54 Å². The summed E-state index contributed by atoms with van der Waals surface area (Å²) in [6.07, 6.45) is 0. The Labute approximate surface area is 96.6 Å². The van der Waals surface area contributed by atoms with Crippen LogP contribution in [-0.4, -0.2) is 45.2 Å². The molecular weight excluding hydrogens is 220 g/mol. The van der Waals surface area contributed by atoms with Crippen LogP contribution in [0.3, 0.4) is 0 Å². The Bertz CT molecular complexity index is 231. The number of rotatable bonds is 3. The van der Waals surface area contributed by atoms with Crippen molar-refractivity contribution in [3.63, 3.8) is 0 Å². The Morgan fingerprint density at radius 2 is 1.40 bits per heavy atom. The topological polar surface area (TPSA) is 23.6 Å². The molecule has 0 saturated carbocycles. The third-order valence-corrected chi connectivity index (χ3v) is 6.98. The number of amides is 2. The molecule has 0 heterocycles. The largest absolute Gasteiger partial charge is 0.356 e. The van der Waals surface area contributed by atoms with Crippen LogP contribution < -0.4 is 0 Å². The lowest BCUT2D eigenvalue weighted by atomic mass is 10.7. The van der Waals surface area contributed by atoms with E-state index in [1.807, 2.05) is 11.6 Å². The van der Waals surface area contributed by atoms with Crippen LogP contribution in [0.1, 0.15) is 6.92 Å². The van der Waals surface area contributed by atoms with Crippen molar-refractivity contribution < 1.29 is 4.79 Å². The lowest BCUT2D eigenvalue weighted by Crippen LogP contribution is -2.59. The third-order valence-electron chi connectivity index (χ3n) is 2.65. The van der Waals surface area contributed by atoms with Gasteiger partial charge in [0, 0.05) is 13.6 Å². The first-order valence-corrected chi connectivity index (χ1v) is 12.5. The number of carbonyl (C=O) groups is 1. The number of urea groups is 1. The molecule has 0 spiro atoms. The van der Waals surface area contributed by atoms with Crippen LogP contribution in [0.15, 0.2) is 0 Å². The van der Waals surface area contributed by atoms with Crippen LogP contribution in [-0.2, 0) is 0 Å². The van der Waals surface area contributed by atoms with Crippen molar-refractivity contribution in [2.24, 2.45) is 0 Å². The number of hydrogen-bond acceptors (Lipinski definition) is 1. The second kappa shape index (κ2) is 4.69. The van der Waals surface area contributed by atoms with E-state index in [-0.39, 0.29) is 6.03 Å². The van der Waals surface area contributed by atoms with E-state index in [0.29, 0.717) is 0 Å². The summed E-state index contributed by atoms with van der Waals surface area (Å²) in [4.78, 5) is 12.3. The number of nitrogens with zero attached hydrogens (tertiary/aromatic N) is 2. The van der Waals surface area contributed by atoms with Gasteiger partial charge in [-0.15, -0.1) is 0 Å². The predicted molar refractivity (Wildman–Crippen MR) is 72.2 cm³/mol.